The van der Waals surface area contributed by atoms with Gasteiger partial charge < -0.3 is 20.6 Å². The van der Waals surface area contributed by atoms with Crippen molar-refractivity contribution in [2.45, 2.75) is 20.3 Å². The van der Waals surface area contributed by atoms with Gasteiger partial charge in [-0.25, -0.2) is 9.18 Å². The van der Waals surface area contributed by atoms with Crippen LogP contribution in [0.3, 0.4) is 0 Å². The number of carbonyl (C=O) groups excluding carboxylic acids is 2. The van der Waals surface area contributed by atoms with Gasteiger partial charge >= 0.3 is 12.0 Å². The molecule has 1 saturated heterocycles. The summed E-state index contributed by atoms with van der Waals surface area (Å²) in [5, 5.41) is 14.4. The predicted molar refractivity (Wildman–Crippen MR) is 88.8 cm³/mol. The Balaban J connectivity index is 1.74. The van der Waals surface area contributed by atoms with E-state index in [4.69, 9.17) is 5.11 Å². The normalized spacial score (nSPS) is 19.6. The van der Waals surface area contributed by atoms with E-state index in [0.29, 0.717) is 18.5 Å². The van der Waals surface area contributed by atoms with Crippen LogP contribution in [-0.2, 0) is 4.79 Å². The first-order chi connectivity index (χ1) is 11.7. The number of urea groups is 1. The van der Waals surface area contributed by atoms with Crippen molar-refractivity contribution in [2.24, 2.45) is 5.41 Å². The Hall–Kier alpha value is -2.64. The van der Waals surface area contributed by atoms with Crippen molar-refractivity contribution in [3.05, 3.63) is 35.1 Å². The second kappa shape index (κ2) is 7.50. The van der Waals surface area contributed by atoms with Gasteiger partial charge in [-0.2, -0.15) is 0 Å². The predicted octanol–water partition coefficient (Wildman–Crippen LogP) is 1.37. The summed E-state index contributed by atoms with van der Waals surface area (Å²) in [6.07, 6.45) is 0.408. The van der Waals surface area contributed by atoms with Crippen LogP contribution < -0.4 is 10.6 Å². The number of likely N-dealkylation sites (tertiary alicyclic amines) is 1. The highest BCUT2D eigenvalue weighted by molar-refractivity contribution is 5.94. The quantitative estimate of drug-likeness (QED) is 0.698. The van der Waals surface area contributed by atoms with Crippen LogP contribution >= 0.6 is 0 Å². The molecule has 1 aliphatic heterocycles. The fourth-order valence-corrected chi connectivity index (χ4v) is 2.60. The molecule has 8 heteroatoms. The van der Waals surface area contributed by atoms with Crippen LogP contribution in [0.5, 0.6) is 0 Å². The Morgan fingerprint density at radius 3 is 2.56 bits per heavy atom. The van der Waals surface area contributed by atoms with E-state index in [1.807, 2.05) is 0 Å². The zero-order valence-electron chi connectivity index (χ0n) is 14.3. The Kier molecular flexibility index (Phi) is 5.61. The molecule has 1 unspecified atom stereocenters. The summed E-state index contributed by atoms with van der Waals surface area (Å²) in [7, 11) is 0. The number of carbonyl (C=O) groups is 3. The highest BCUT2D eigenvalue weighted by Crippen LogP contribution is 2.29. The summed E-state index contributed by atoms with van der Waals surface area (Å²) in [4.78, 5) is 36.5. The zero-order chi connectivity index (χ0) is 18.6. The molecule has 2 rings (SSSR count). The number of aryl methyl sites for hydroxylation is 1. The number of aliphatic carboxylic acids is 1. The Morgan fingerprint density at radius 1 is 1.28 bits per heavy atom. The molecule has 1 aromatic carbocycles. The number of amides is 3. The average Bonchev–Trinajstić information content (AvgIpc) is 2.97. The molecular weight excluding hydrogens is 329 g/mol. The van der Waals surface area contributed by atoms with E-state index >= 15 is 0 Å². The third-order valence-electron chi connectivity index (χ3n) is 4.40. The first kappa shape index (κ1) is 18.7. The molecule has 1 fully saturated rings. The summed E-state index contributed by atoms with van der Waals surface area (Å²) < 4.78 is 13.4. The molecule has 3 N–H and O–H groups in total. The number of carboxylic acids is 1. The number of nitrogens with one attached hydrogen (secondary N) is 2. The lowest BCUT2D eigenvalue weighted by molar-refractivity contribution is -0.147. The minimum absolute atomic E-state index is 0.156. The van der Waals surface area contributed by atoms with E-state index in [1.165, 1.54) is 23.1 Å². The smallest absolute Gasteiger partial charge is 0.317 e. The molecule has 0 aromatic heterocycles. The van der Waals surface area contributed by atoms with Crippen molar-refractivity contribution < 1.29 is 23.9 Å². The topological polar surface area (TPSA) is 98.7 Å². The Bertz CT molecular complexity index is 694. The minimum Gasteiger partial charge on any atom is -0.481 e. The van der Waals surface area contributed by atoms with E-state index in [9.17, 15) is 18.8 Å². The number of hydrogen-bond donors (Lipinski definition) is 3. The van der Waals surface area contributed by atoms with Crippen LogP contribution in [-0.4, -0.2) is 54.1 Å². The van der Waals surface area contributed by atoms with Gasteiger partial charge in [0.25, 0.3) is 5.91 Å². The summed E-state index contributed by atoms with van der Waals surface area (Å²) in [5.74, 6) is -1.79. The van der Waals surface area contributed by atoms with E-state index in [2.05, 4.69) is 10.6 Å². The van der Waals surface area contributed by atoms with Crippen molar-refractivity contribution in [2.75, 3.05) is 26.2 Å². The van der Waals surface area contributed by atoms with Gasteiger partial charge in [-0.05, 0) is 38.0 Å². The lowest BCUT2D eigenvalue weighted by atomic mass is 9.90. The maximum Gasteiger partial charge on any atom is 0.317 e. The summed E-state index contributed by atoms with van der Waals surface area (Å²) >= 11 is 0. The number of benzene rings is 1. The monoisotopic (exact) mass is 351 g/mol. The van der Waals surface area contributed by atoms with Gasteiger partial charge in [0.1, 0.15) is 5.82 Å². The van der Waals surface area contributed by atoms with Crippen LogP contribution in [0.2, 0.25) is 0 Å². The van der Waals surface area contributed by atoms with Crippen molar-refractivity contribution in [1.82, 2.24) is 15.5 Å². The van der Waals surface area contributed by atoms with Crippen LogP contribution in [0, 0.1) is 18.2 Å². The van der Waals surface area contributed by atoms with Gasteiger partial charge in [-0.15, -0.1) is 0 Å². The average molecular weight is 351 g/mol. The molecule has 25 heavy (non-hydrogen) atoms. The number of nitrogens with zero attached hydrogens (tertiary/aromatic N) is 1. The van der Waals surface area contributed by atoms with Crippen LogP contribution in [0.4, 0.5) is 9.18 Å². The summed E-state index contributed by atoms with van der Waals surface area (Å²) in [5.41, 5.74) is -0.241. The van der Waals surface area contributed by atoms with E-state index in [-0.39, 0.29) is 31.2 Å². The molecule has 7 nitrogen and oxygen atoms in total. The second-order valence-corrected chi connectivity index (χ2v) is 6.49. The van der Waals surface area contributed by atoms with Crippen molar-refractivity contribution >= 4 is 17.9 Å². The third kappa shape index (κ3) is 4.46. The molecule has 0 radical (unpaired) electrons. The Morgan fingerprint density at radius 2 is 1.96 bits per heavy atom. The maximum atomic E-state index is 13.4. The van der Waals surface area contributed by atoms with Gasteiger partial charge in [0.05, 0.1) is 5.41 Å². The standard InChI is InChI=1S/C17H22FN3O4/c1-11-3-4-12(9-13(11)18)14(22)19-6-7-20-16(25)21-8-5-17(2,10-21)15(23)24/h3-4,9H,5-8,10H2,1-2H3,(H,19,22)(H,20,25)(H,23,24). The minimum atomic E-state index is -0.916. The largest absolute Gasteiger partial charge is 0.481 e. The number of carboxylic acid groups (broad SMARTS) is 1. The maximum absolute atomic E-state index is 13.4. The molecule has 0 aliphatic carbocycles. The summed E-state index contributed by atoms with van der Waals surface area (Å²) in [6, 6.07) is 3.86. The SMILES string of the molecule is Cc1ccc(C(=O)NCCNC(=O)N2CCC(C)(C(=O)O)C2)cc1F. The number of hydrogen-bond acceptors (Lipinski definition) is 3. The fraction of sp³-hybridized carbons (Fsp3) is 0.471. The van der Waals surface area contributed by atoms with Gasteiger partial charge in [0.2, 0.25) is 0 Å². The van der Waals surface area contributed by atoms with Crippen molar-refractivity contribution in [3.63, 3.8) is 0 Å². The highest BCUT2D eigenvalue weighted by Gasteiger charge is 2.42. The number of halogens is 1. The molecule has 0 spiro atoms. The molecule has 1 heterocycles. The van der Waals surface area contributed by atoms with Crippen molar-refractivity contribution in [3.8, 4) is 0 Å². The van der Waals surface area contributed by atoms with Crippen molar-refractivity contribution in [1.29, 1.82) is 0 Å². The van der Waals surface area contributed by atoms with Gasteiger partial charge in [0.15, 0.2) is 0 Å². The Labute approximate surface area is 145 Å². The van der Waals surface area contributed by atoms with Crippen LogP contribution in [0.1, 0.15) is 29.3 Å². The summed E-state index contributed by atoms with van der Waals surface area (Å²) in [6.45, 7) is 4.14. The molecule has 0 saturated carbocycles. The first-order valence-electron chi connectivity index (χ1n) is 8.03. The van der Waals surface area contributed by atoms with Crippen LogP contribution in [0.25, 0.3) is 0 Å². The van der Waals surface area contributed by atoms with E-state index in [1.54, 1.807) is 13.8 Å². The van der Waals surface area contributed by atoms with E-state index < -0.39 is 23.1 Å². The molecule has 136 valence electrons. The third-order valence-corrected chi connectivity index (χ3v) is 4.40. The number of rotatable bonds is 5. The van der Waals surface area contributed by atoms with E-state index in [0.717, 1.165) is 0 Å². The lowest BCUT2D eigenvalue weighted by Crippen LogP contribution is -2.43. The van der Waals surface area contributed by atoms with Crippen LogP contribution in [0.15, 0.2) is 18.2 Å². The molecular formula is C17H22FN3O4. The fourth-order valence-electron chi connectivity index (χ4n) is 2.60. The highest BCUT2D eigenvalue weighted by atomic mass is 19.1. The van der Waals surface area contributed by atoms with Gasteiger partial charge in [-0.1, -0.05) is 6.07 Å². The molecule has 1 aliphatic rings. The molecule has 1 aromatic rings. The van der Waals surface area contributed by atoms with Gasteiger partial charge in [0, 0.05) is 31.7 Å². The first-order valence-corrected chi connectivity index (χ1v) is 8.03. The zero-order valence-corrected chi connectivity index (χ0v) is 14.3. The molecule has 0 bridgehead atoms. The lowest BCUT2D eigenvalue weighted by Gasteiger charge is -2.20. The molecule has 1 atom stereocenters. The second-order valence-electron chi connectivity index (χ2n) is 6.49. The molecule has 3 amide bonds. The van der Waals surface area contributed by atoms with Gasteiger partial charge in [-0.3, -0.25) is 9.59 Å².